The van der Waals surface area contributed by atoms with Crippen molar-refractivity contribution in [3.8, 4) is 0 Å². The Morgan fingerprint density at radius 1 is 1.36 bits per heavy atom. The van der Waals surface area contributed by atoms with Crippen LogP contribution in [0.3, 0.4) is 0 Å². The van der Waals surface area contributed by atoms with Gasteiger partial charge in [-0.05, 0) is 38.7 Å². The molecule has 0 amide bonds. The normalized spacial score (nSPS) is 15.9. The summed E-state index contributed by atoms with van der Waals surface area (Å²) in [4.78, 5) is 10.9. The standard InChI is InChI=1S/C11H17N3/c1-9(2)14(8-10-4-5-10)11-12-6-3-7-13-11/h3,6-7,9-10H,4-5,8H2,1-2H3. The number of rotatable bonds is 4. The topological polar surface area (TPSA) is 29.0 Å². The summed E-state index contributed by atoms with van der Waals surface area (Å²) in [6, 6.07) is 2.34. The van der Waals surface area contributed by atoms with E-state index in [1.165, 1.54) is 12.8 Å². The van der Waals surface area contributed by atoms with E-state index in [1.807, 2.05) is 18.5 Å². The van der Waals surface area contributed by atoms with Crippen LogP contribution in [0.2, 0.25) is 0 Å². The molecule has 0 atom stereocenters. The third-order valence-electron chi connectivity index (χ3n) is 2.58. The maximum atomic E-state index is 4.30. The van der Waals surface area contributed by atoms with E-state index in [4.69, 9.17) is 0 Å². The van der Waals surface area contributed by atoms with Gasteiger partial charge >= 0.3 is 0 Å². The number of anilines is 1. The predicted molar refractivity (Wildman–Crippen MR) is 57.2 cm³/mol. The summed E-state index contributed by atoms with van der Waals surface area (Å²) in [5.74, 6) is 1.75. The molecular formula is C11H17N3. The Labute approximate surface area is 85.2 Å². The van der Waals surface area contributed by atoms with Crippen LogP contribution in [0, 0.1) is 5.92 Å². The molecule has 3 heteroatoms. The molecule has 0 radical (unpaired) electrons. The Hall–Kier alpha value is -1.12. The molecule has 1 aliphatic rings. The molecule has 1 aromatic heterocycles. The van der Waals surface area contributed by atoms with Crippen LogP contribution < -0.4 is 4.90 Å². The van der Waals surface area contributed by atoms with Gasteiger partial charge in [0.1, 0.15) is 0 Å². The van der Waals surface area contributed by atoms with Crippen molar-refractivity contribution in [1.29, 1.82) is 0 Å². The smallest absolute Gasteiger partial charge is 0.225 e. The van der Waals surface area contributed by atoms with Crippen LogP contribution in [-0.2, 0) is 0 Å². The second-order valence-corrected chi connectivity index (χ2v) is 4.24. The fourth-order valence-corrected chi connectivity index (χ4v) is 1.54. The first-order chi connectivity index (χ1) is 6.77. The van der Waals surface area contributed by atoms with Crippen molar-refractivity contribution in [1.82, 2.24) is 9.97 Å². The molecule has 0 N–H and O–H groups in total. The van der Waals surface area contributed by atoms with Gasteiger partial charge in [0, 0.05) is 25.0 Å². The van der Waals surface area contributed by atoms with Gasteiger partial charge in [-0.3, -0.25) is 0 Å². The monoisotopic (exact) mass is 191 g/mol. The lowest BCUT2D eigenvalue weighted by molar-refractivity contribution is 0.627. The third kappa shape index (κ3) is 2.22. The summed E-state index contributed by atoms with van der Waals surface area (Å²) in [7, 11) is 0. The minimum atomic E-state index is 0.484. The second-order valence-electron chi connectivity index (χ2n) is 4.24. The van der Waals surface area contributed by atoms with Gasteiger partial charge in [0.15, 0.2) is 0 Å². The Bertz CT molecular complexity index is 280. The van der Waals surface area contributed by atoms with E-state index in [-0.39, 0.29) is 0 Å². The van der Waals surface area contributed by atoms with Gasteiger partial charge in [0.2, 0.25) is 5.95 Å². The fourth-order valence-electron chi connectivity index (χ4n) is 1.54. The minimum absolute atomic E-state index is 0.484. The number of hydrogen-bond acceptors (Lipinski definition) is 3. The third-order valence-corrected chi connectivity index (χ3v) is 2.58. The van der Waals surface area contributed by atoms with Crippen LogP contribution >= 0.6 is 0 Å². The van der Waals surface area contributed by atoms with Crippen LogP contribution in [0.1, 0.15) is 26.7 Å². The Balaban J connectivity index is 2.09. The molecular weight excluding hydrogens is 174 g/mol. The molecule has 0 aromatic carbocycles. The summed E-state index contributed by atoms with van der Waals surface area (Å²) in [5, 5.41) is 0. The molecule has 0 unspecified atom stereocenters. The maximum absolute atomic E-state index is 4.30. The number of aromatic nitrogens is 2. The summed E-state index contributed by atoms with van der Waals surface area (Å²) >= 11 is 0. The molecule has 14 heavy (non-hydrogen) atoms. The van der Waals surface area contributed by atoms with E-state index in [0.29, 0.717) is 6.04 Å². The fraction of sp³-hybridized carbons (Fsp3) is 0.636. The van der Waals surface area contributed by atoms with E-state index < -0.39 is 0 Å². The van der Waals surface area contributed by atoms with E-state index in [9.17, 15) is 0 Å². The molecule has 76 valence electrons. The quantitative estimate of drug-likeness (QED) is 0.729. The minimum Gasteiger partial charge on any atom is -0.338 e. The van der Waals surface area contributed by atoms with Gasteiger partial charge in [-0.25, -0.2) is 9.97 Å². The van der Waals surface area contributed by atoms with E-state index in [1.54, 1.807) is 0 Å². The van der Waals surface area contributed by atoms with Crippen LogP contribution in [0.15, 0.2) is 18.5 Å². The maximum Gasteiger partial charge on any atom is 0.225 e. The van der Waals surface area contributed by atoms with Crippen LogP contribution in [-0.4, -0.2) is 22.6 Å². The second kappa shape index (κ2) is 3.95. The molecule has 0 saturated heterocycles. The molecule has 2 rings (SSSR count). The zero-order valence-corrected chi connectivity index (χ0v) is 8.85. The van der Waals surface area contributed by atoms with Gasteiger partial charge in [-0.15, -0.1) is 0 Å². The summed E-state index contributed by atoms with van der Waals surface area (Å²) in [6.45, 7) is 5.50. The van der Waals surface area contributed by atoms with Crippen molar-refractivity contribution in [3.05, 3.63) is 18.5 Å². The summed E-state index contributed by atoms with van der Waals surface area (Å²) in [6.07, 6.45) is 6.36. The van der Waals surface area contributed by atoms with Crippen LogP contribution in [0.25, 0.3) is 0 Å². The number of nitrogens with zero attached hydrogens (tertiary/aromatic N) is 3. The molecule has 1 saturated carbocycles. The first-order valence-corrected chi connectivity index (χ1v) is 5.31. The molecule has 0 aliphatic heterocycles. The SMILES string of the molecule is CC(C)N(CC1CC1)c1ncccn1. The molecule has 1 fully saturated rings. The zero-order valence-electron chi connectivity index (χ0n) is 8.85. The van der Waals surface area contributed by atoms with E-state index in [0.717, 1.165) is 18.4 Å². The lowest BCUT2D eigenvalue weighted by Gasteiger charge is -2.26. The highest BCUT2D eigenvalue weighted by Gasteiger charge is 2.26. The molecule has 0 bridgehead atoms. The first-order valence-electron chi connectivity index (χ1n) is 5.31. The lowest BCUT2D eigenvalue weighted by atomic mass is 10.3. The average Bonchev–Trinajstić information content (AvgIpc) is 2.99. The lowest BCUT2D eigenvalue weighted by Crippen LogP contribution is -2.34. The van der Waals surface area contributed by atoms with Gasteiger partial charge in [0.05, 0.1) is 0 Å². The van der Waals surface area contributed by atoms with Crippen molar-refractivity contribution in [2.45, 2.75) is 32.7 Å². The van der Waals surface area contributed by atoms with Crippen molar-refractivity contribution < 1.29 is 0 Å². The van der Waals surface area contributed by atoms with Gasteiger partial charge in [0.25, 0.3) is 0 Å². The Morgan fingerprint density at radius 2 is 2.00 bits per heavy atom. The molecule has 3 nitrogen and oxygen atoms in total. The molecule has 1 aliphatic carbocycles. The molecule has 0 spiro atoms. The van der Waals surface area contributed by atoms with Crippen molar-refractivity contribution >= 4 is 5.95 Å². The highest BCUT2D eigenvalue weighted by molar-refractivity contribution is 5.30. The highest BCUT2D eigenvalue weighted by Crippen LogP contribution is 2.31. The largest absolute Gasteiger partial charge is 0.338 e. The summed E-state index contributed by atoms with van der Waals surface area (Å²) in [5.41, 5.74) is 0. The van der Waals surface area contributed by atoms with Crippen molar-refractivity contribution in [3.63, 3.8) is 0 Å². The highest BCUT2D eigenvalue weighted by atomic mass is 15.3. The molecule has 1 heterocycles. The van der Waals surface area contributed by atoms with Crippen LogP contribution in [0.5, 0.6) is 0 Å². The Kier molecular flexibility index (Phi) is 2.66. The van der Waals surface area contributed by atoms with Gasteiger partial charge in [-0.2, -0.15) is 0 Å². The Morgan fingerprint density at radius 3 is 2.50 bits per heavy atom. The average molecular weight is 191 g/mol. The zero-order chi connectivity index (χ0) is 9.97. The van der Waals surface area contributed by atoms with E-state index >= 15 is 0 Å². The van der Waals surface area contributed by atoms with Gasteiger partial charge in [-0.1, -0.05) is 0 Å². The van der Waals surface area contributed by atoms with E-state index in [2.05, 4.69) is 28.7 Å². The summed E-state index contributed by atoms with van der Waals surface area (Å²) < 4.78 is 0. The predicted octanol–water partition coefficient (Wildman–Crippen LogP) is 2.10. The van der Waals surface area contributed by atoms with Crippen LogP contribution in [0.4, 0.5) is 5.95 Å². The molecule has 1 aromatic rings. The van der Waals surface area contributed by atoms with Gasteiger partial charge < -0.3 is 4.90 Å². The van der Waals surface area contributed by atoms with Crippen molar-refractivity contribution in [2.24, 2.45) is 5.92 Å². The number of hydrogen-bond donors (Lipinski definition) is 0. The first kappa shape index (κ1) is 9.44. The van der Waals surface area contributed by atoms with Crippen molar-refractivity contribution in [2.75, 3.05) is 11.4 Å².